The number of ether oxygens (including phenoxy) is 1. The molecule has 0 aliphatic heterocycles. The summed E-state index contributed by atoms with van der Waals surface area (Å²) in [4.78, 5) is 25.1. The number of aryl methyl sites for hydroxylation is 1. The van der Waals surface area contributed by atoms with Crippen molar-refractivity contribution in [3.63, 3.8) is 0 Å². The first-order valence-corrected chi connectivity index (χ1v) is 9.04. The van der Waals surface area contributed by atoms with Crippen LogP contribution in [0, 0.1) is 6.92 Å². The van der Waals surface area contributed by atoms with E-state index in [2.05, 4.69) is 25.6 Å². The Morgan fingerprint density at radius 2 is 1.89 bits per heavy atom. The number of nitrogens with one attached hydrogen (secondary N) is 2. The van der Waals surface area contributed by atoms with Gasteiger partial charge >= 0.3 is 0 Å². The van der Waals surface area contributed by atoms with Crippen LogP contribution in [0.2, 0.25) is 0 Å². The molecule has 0 aliphatic carbocycles. The van der Waals surface area contributed by atoms with Gasteiger partial charge in [0.25, 0.3) is 5.91 Å². The number of carbonyl (C=O) groups excluding carboxylic acids is 1. The summed E-state index contributed by atoms with van der Waals surface area (Å²) in [6.07, 6.45) is 4.14. The number of para-hydroxylation sites is 1. The van der Waals surface area contributed by atoms with Crippen molar-refractivity contribution in [2.75, 3.05) is 19.0 Å². The van der Waals surface area contributed by atoms with E-state index in [4.69, 9.17) is 4.74 Å². The second kappa shape index (κ2) is 9.45. The number of anilines is 1. The Bertz CT molecular complexity index is 931. The van der Waals surface area contributed by atoms with Crippen molar-refractivity contribution in [2.45, 2.75) is 19.9 Å². The molecule has 1 amide bonds. The first-order valence-electron chi connectivity index (χ1n) is 9.04. The van der Waals surface area contributed by atoms with E-state index in [0.717, 1.165) is 29.0 Å². The van der Waals surface area contributed by atoms with Gasteiger partial charge in [-0.05, 0) is 48.7 Å². The van der Waals surface area contributed by atoms with E-state index in [1.165, 1.54) is 0 Å². The lowest BCUT2D eigenvalue weighted by molar-refractivity contribution is 0.0945. The maximum atomic E-state index is 12.4. The first-order chi connectivity index (χ1) is 13.7. The number of carbonyl (C=O) groups is 1. The zero-order valence-electron chi connectivity index (χ0n) is 16.0. The summed E-state index contributed by atoms with van der Waals surface area (Å²) in [6.45, 7) is 2.88. The predicted octanol–water partition coefficient (Wildman–Crippen LogP) is 2.77. The molecule has 7 heteroatoms. The van der Waals surface area contributed by atoms with Gasteiger partial charge in [0, 0.05) is 31.2 Å². The van der Waals surface area contributed by atoms with E-state index < -0.39 is 0 Å². The minimum Gasteiger partial charge on any atom is -0.496 e. The highest BCUT2D eigenvalue weighted by molar-refractivity contribution is 5.92. The van der Waals surface area contributed by atoms with E-state index in [1.807, 2.05) is 43.3 Å². The van der Waals surface area contributed by atoms with Crippen LogP contribution in [-0.2, 0) is 13.0 Å². The zero-order chi connectivity index (χ0) is 19.8. The summed E-state index contributed by atoms with van der Waals surface area (Å²) in [6, 6.07) is 13.3. The van der Waals surface area contributed by atoms with Gasteiger partial charge in [0.1, 0.15) is 11.4 Å². The van der Waals surface area contributed by atoms with Crippen molar-refractivity contribution in [1.82, 2.24) is 20.3 Å². The van der Waals surface area contributed by atoms with Crippen LogP contribution in [0.4, 0.5) is 5.95 Å². The normalized spacial score (nSPS) is 10.4. The molecule has 0 radical (unpaired) electrons. The average molecular weight is 377 g/mol. The van der Waals surface area contributed by atoms with Crippen LogP contribution in [0.15, 0.2) is 54.9 Å². The number of methoxy groups -OCH3 is 1. The maximum absolute atomic E-state index is 12.4. The summed E-state index contributed by atoms with van der Waals surface area (Å²) in [5.41, 5.74) is 3.13. The third-order valence-corrected chi connectivity index (χ3v) is 4.16. The van der Waals surface area contributed by atoms with E-state index >= 15 is 0 Å². The van der Waals surface area contributed by atoms with Crippen LogP contribution in [0.3, 0.4) is 0 Å². The third kappa shape index (κ3) is 5.26. The molecule has 3 aromatic rings. The molecule has 2 heterocycles. The standard InChI is InChI=1S/C21H23N5O2/c1-15-13-18(20(27)24-14-16-7-10-22-11-8-16)26-21(25-15)23-12-9-17-5-3-4-6-19(17)28-2/h3-8,10-11,13H,9,12,14H2,1-2H3,(H,24,27)(H,23,25,26). The lowest BCUT2D eigenvalue weighted by atomic mass is 10.1. The number of hydrogen-bond donors (Lipinski definition) is 2. The lowest BCUT2D eigenvalue weighted by Gasteiger charge is -2.10. The van der Waals surface area contributed by atoms with Crippen LogP contribution in [-0.4, -0.2) is 34.5 Å². The molecule has 0 spiro atoms. The molecule has 0 unspecified atom stereocenters. The fourth-order valence-electron chi connectivity index (χ4n) is 2.76. The number of hydrogen-bond acceptors (Lipinski definition) is 6. The van der Waals surface area contributed by atoms with Crippen molar-refractivity contribution in [2.24, 2.45) is 0 Å². The molecule has 0 saturated heterocycles. The van der Waals surface area contributed by atoms with Crippen molar-refractivity contribution in [3.05, 3.63) is 77.4 Å². The summed E-state index contributed by atoms with van der Waals surface area (Å²) in [5, 5.41) is 6.05. The first kappa shape index (κ1) is 19.3. The predicted molar refractivity (Wildman–Crippen MR) is 107 cm³/mol. The van der Waals surface area contributed by atoms with Crippen molar-refractivity contribution in [1.29, 1.82) is 0 Å². The fraction of sp³-hybridized carbons (Fsp3) is 0.238. The Hall–Kier alpha value is -3.48. The molecule has 0 saturated carbocycles. The SMILES string of the molecule is COc1ccccc1CCNc1nc(C)cc(C(=O)NCc2ccncc2)n1. The van der Waals surface area contributed by atoms with E-state index in [9.17, 15) is 4.79 Å². The van der Waals surface area contributed by atoms with Gasteiger partial charge in [-0.1, -0.05) is 18.2 Å². The molecule has 0 fully saturated rings. The Morgan fingerprint density at radius 1 is 1.11 bits per heavy atom. The highest BCUT2D eigenvalue weighted by Crippen LogP contribution is 2.17. The molecule has 0 aliphatic rings. The second-order valence-corrected chi connectivity index (χ2v) is 6.24. The van der Waals surface area contributed by atoms with Gasteiger partial charge in [-0.15, -0.1) is 0 Å². The number of rotatable bonds is 8. The Balaban J connectivity index is 1.60. The molecule has 28 heavy (non-hydrogen) atoms. The van der Waals surface area contributed by atoms with Gasteiger partial charge in [-0.2, -0.15) is 0 Å². The van der Waals surface area contributed by atoms with Crippen LogP contribution in [0.1, 0.15) is 27.3 Å². The fourth-order valence-corrected chi connectivity index (χ4v) is 2.76. The Labute approximate surface area is 164 Å². The van der Waals surface area contributed by atoms with Crippen LogP contribution in [0.5, 0.6) is 5.75 Å². The molecule has 0 atom stereocenters. The van der Waals surface area contributed by atoms with E-state index in [1.54, 1.807) is 25.6 Å². The summed E-state index contributed by atoms with van der Waals surface area (Å²) >= 11 is 0. The minimum absolute atomic E-state index is 0.241. The molecule has 7 nitrogen and oxygen atoms in total. The van der Waals surface area contributed by atoms with E-state index in [0.29, 0.717) is 24.7 Å². The lowest BCUT2D eigenvalue weighted by Crippen LogP contribution is -2.24. The summed E-state index contributed by atoms with van der Waals surface area (Å²) in [7, 11) is 1.66. The van der Waals surface area contributed by atoms with Crippen LogP contribution >= 0.6 is 0 Å². The summed E-state index contributed by atoms with van der Waals surface area (Å²) in [5.74, 6) is 1.05. The third-order valence-electron chi connectivity index (χ3n) is 4.16. The highest BCUT2D eigenvalue weighted by Gasteiger charge is 2.11. The largest absolute Gasteiger partial charge is 0.496 e. The van der Waals surface area contributed by atoms with Crippen LogP contribution < -0.4 is 15.4 Å². The Morgan fingerprint density at radius 3 is 2.68 bits per heavy atom. The zero-order valence-corrected chi connectivity index (χ0v) is 16.0. The summed E-state index contributed by atoms with van der Waals surface area (Å²) < 4.78 is 5.37. The molecule has 1 aromatic carbocycles. The number of pyridine rings is 1. The molecular formula is C21H23N5O2. The number of amides is 1. The van der Waals surface area contributed by atoms with Gasteiger partial charge < -0.3 is 15.4 Å². The topological polar surface area (TPSA) is 89.0 Å². The van der Waals surface area contributed by atoms with E-state index in [-0.39, 0.29) is 5.91 Å². The van der Waals surface area contributed by atoms with Crippen molar-refractivity contribution in [3.8, 4) is 5.75 Å². The smallest absolute Gasteiger partial charge is 0.270 e. The second-order valence-electron chi connectivity index (χ2n) is 6.24. The van der Waals surface area contributed by atoms with Crippen LogP contribution in [0.25, 0.3) is 0 Å². The average Bonchev–Trinajstić information content (AvgIpc) is 2.72. The Kier molecular flexibility index (Phi) is 6.51. The quantitative estimate of drug-likeness (QED) is 0.627. The van der Waals surface area contributed by atoms with Gasteiger partial charge in [-0.3, -0.25) is 9.78 Å². The number of aromatic nitrogens is 3. The van der Waals surface area contributed by atoms with Gasteiger partial charge in [0.2, 0.25) is 5.95 Å². The molecule has 2 N–H and O–H groups in total. The minimum atomic E-state index is -0.241. The van der Waals surface area contributed by atoms with Gasteiger partial charge in [-0.25, -0.2) is 9.97 Å². The molecule has 0 bridgehead atoms. The van der Waals surface area contributed by atoms with Crippen molar-refractivity contribution >= 4 is 11.9 Å². The number of nitrogens with zero attached hydrogens (tertiary/aromatic N) is 3. The number of benzene rings is 1. The molecule has 144 valence electrons. The molecular weight excluding hydrogens is 354 g/mol. The van der Waals surface area contributed by atoms with Gasteiger partial charge in [0.15, 0.2) is 0 Å². The maximum Gasteiger partial charge on any atom is 0.270 e. The van der Waals surface area contributed by atoms with Crippen molar-refractivity contribution < 1.29 is 9.53 Å². The monoisotopic (exact) mass is 377 g/mol. The highest BCUT2D eigenvalue weighted by atomic mass is 16.5. The molecule has 3 rings (SSSR count). The van der Waals surface area contributed by atoms with Gasteiger partial charge in [0.05, 0.1) is 7.11 Å². The molecule has 2 aromatic heterocycles.